The van der Waals surface area contributed by atoms with Crippen LogP contribution in [-0.4, -0.2) is 53.3 Å². The summed E-state index contributed by atoms with van der Waals surface area (Å²) in [6.45, 7) is 4.16. The number of aliphatic hydroxyl groups is 1. The van der Waals surface area contributed by atoms with Gasteiger partial charge in [0.25, 0.3) is 5.91 Å². The van der Waals surface area contributed by atoms with Crippen molar-refractivity contribution in [3.63, 3.8) is 0 Å². The fourth-order valence-corrected chi connectivity index (χ4v) is 3.47. The maximum atomic E-state index is 12.6. The molecule has 0 spiro atoms. The Kier molecular flexibility index (Phi) is 6.58. The molecule has 29 heavy (non-hydrogen) atoms. The molecule has 2 atom stereocenters. The van der Waals surface area contributed by atoms with Gasteiger partial charge in [0.05, 0.1) is 19.2 Å². The smallest absolute Gasteiger partial charge is 0.325 e. The first-order valence-electron chi connectivity index (χ1n) is 9.78. The Balaban J connectivity index is 1.51. The number of hydrogen-bond acceptors (Lipinski definition) is 6. The average Bonchev–Trinajstić information content (AvgIpc) is 3.24. The molecule has 0 radical (unpaired) electrons. The van der Waals surface area contributed by atoms with Crippen LogP contribution in [0.25, 0.3) is 0 Å². The fourth-order valence-electron chi connectivity index (χ4n) is 3.47. The van der Waals surface area contributed by atoms with Crippen LogP contribution in [0.2, 0.25) is 0 Å². The summed E-state index contributed by atoms with van der Waals surface area (Å²) >= 11 is 0. The monoisotopic (exact) mass is 405 g/mol. The molecule has 158 valence electrons. The minimum Gasteiger partial charge on any atom is -0.454 e. The van der Waals surface area contributed by atoms with E-state index in [2.05, 4.69) is 10.6 Å². The molecule has 3 rings (SSSR count). The number of ether oxygens (including phenoxy) is 2. The van der Waals surface area contributed by atoms with Gasteiger partial charge < -0.3 is 25.2 Å². The molecular weight excluding hydrogens is 378 g/mol. The number of imide groups is 1. The van der Waals surface area contributed by atoms with Crippen molar-refractivity contribution in [1.29, 1.82) is 0 Å². The van der Waals surface area contributed by atoms with Gasteiger partial charge in [0.1, 0.15) is 6.04 Å². The topological polar surface area (TPSA) is 117 Å². The van der Waals surface area contributed by atoms with Crippen LogP contribution in [0.4, 0.5) is 4.79 Å². The third-order valence-electron chi connectivity index (χ3n) is 4.89. The van der Waals surface area contributed by atoms with E-state index in [1.807, 2.05) is 13.8 Å². The van der Waals surface area contributed by atoms with Gasteiger partial charge in [-0.2, -0.15) is 0 Å². The molecule has 0 saturated carbocycles. The van der Waals surface area contributed by atoms with Crippen molar-refractivity contribution >= 4 is 17.8 Å². The molecule has 9 heteroatoms. The Labute approximate surface area is 169 Å². The van der Waals surface area contributed by atoms with Gasteiger partial charge >= 0.3 is 6.03 Å². The van der Waals surface area contributed by atoms with E-state index in [9.17, 15) is 19.5 Å². The molecule has 4 amide bonds. The second-order valence-electron chi connectivity index (χ2n) is 7.73. The van der Waals surface area contributed by atoms with Gasteiger partial charge in [-0.05, 0) is 36.5 Å². The van der Waals surface area contributed by atoms with Crippen molar-refractivity contribution in [2.45, 2.75) is 51.7 Å². The van der Waals surface area contributed by atoms with E-state index < -0.39 is 12.1 Å². The molecule has 1 saturated heterocycles. The van der Waals surface area contributed by atoms with Gasteiger partial charge in [-0.1, -0.05) is 19.9 Å². The first-order valence-corrected chi connectivity index (χ1v) is 9.78. The Morgan fingerprint density at radius 2 is 2.07 bits per heavy atom. The van der Waals surface area contributed by atoms with E-state index in [0.717, 1.165) is 10.5 Å². The van der Waals surface area contributed by atoms with E-state index in [0.29, 0.717) is 23.8 Å². The van der Waals surface area contributed by atoms with Gasteiger partial charge in [0, 0.05) is 6.42 Å². The average molecular weight is 405 g/mol. The van der Waals surface area contributed by atoms with Gasteiger partial charge in [-0.3, -0.25) is 14.5 Å². The summed E-state index contributed by atoms with van der Waals surface area (Å²) in [6.07, 6.45) is 0.960. The zero-order valence-corrected chi connectivity index (χ0v) is 16.6. The number of nitrogens with one attached hydrogen (secondary N) is 2. The number of carbonyl (C=O) groups excluding carboxylic acids is 3. The quantitative estimate of drug-likeness (QED) is 0.531. The molecule has 2 aliphatic heterocycles. The molecule has 1 fully saturated rings. The predicted octanol–water partition coefficient (Wildman–Crippen LogP) is 1.14. The summed E-state index contributed by atoms with van der Waals surface area (Å²) in [7, 11) is 0. The molecule has 1 unspecified atom stereocenters. The molecule has 2 aliphatic rings. The van der Waals surface area contributed by atoms with Crippen molar-refractivity contribution in [2.24, 2.45) is 5.92 Å². The van der Waals surface area contributed by atoms with Crippen LogP contribution in [0.1, 0.15) is 38.7 Å². The van der Waals surface area contributed by atoms with Gasteiger partial charge in [0.2, 0.25) is 12.7 Å². The molecule has 9 nitrogen and oxygen atoms in total. The van der Waals surface area contributed by atoms with Crippen LogP contribution < -0.4 is 20.1 Å². The third kappa shape index (κ3) is 5.17. The van der Waals surface area contributed by atoms with E-state index in [4.69, 9.17) is 9.47 Å². The highest BCUT2D eigenvalue weighted by Crippen LogP contribution is 2.33. The number of amides is 4. The zero-order valence-electron chi connectivity index (χ0n) is 16.6. The van der Waals surface area contributed by atoms with E-state index in [-0.39, 0.29) is 50.6 Å². The second-order valence-corrected chi connectivity index (χ2v) is 7.73. The first-order chi connectivity index (χ1) is 13.9. The number of urea groups is 1. The lowest BCUT2D eigenvalue weighted by Gasteiger charge is -2.18. The van der Waals surface area contributed by atoms with E-state index in [1.54, 1.807) is 18.2 Å². The van der Waals surface area contributed by atoms with Gasteiger partial charge in [0.15, 0.2) is 11.5 Å². The summed E-state index contributed by atoms with van der Waals surface area (Å²) in [6, 6.07) is 3.74. The minimum atomic E-state index is -0.736. The largest absolute Gasteiger partial charge is 0.454 e. The minimum absolute atomic E-state index is 0.0865. The zero-order chi connectivity index (χ0) is 21.0. The number of nitrogens with zero attached hydrogens (tertiary/aromatic N) is 1. The Morgan fingerprint density at radius 3 is 2.79 bits per heavy atom. The Hall–Kier alpha value is -2.81. The van der Waals surface area contributed by atoms with Crippen molar-refractivity contribution in [3.05, 3.63) is 23.8 Å². The number of hydrogen-bond donors (Lipinski definition) is 3. The van der Waals surface area contributed by atoms with E-state index >= 15 is 0 Å². The predicted molar refractivity (Wildman–Crippen MR) is 103 cm³/mol. The SMILES string of the molecule is CC(C)C[C@@H](CO)NC(=O)CCC1NC(=O)N(Cc2ccc3c(c2)OCO3)C1=O. The summed E-state index contributed by atoms with van der Waals surface area (Å²) in [5.41, 5.74) is 0.746. The highest BCUT2D eigenvalue weighted by Gasteiger charge is 2.38. The summed E-state index contributed by atoms with van der Waals surface area (Å²) in [5.74, 6) is 0.950. The third-order valence-corrected chi connectivity index (χ3v) is 4.89. The normalized spacial score (nSPS) is 18.9. The maximum Gasteiger partial charge on any atom is 0.325 e. The lowest BCUT2D eigenvalue weighted by Crippen LogP contribution is -2.39. The maximum absolute atomic E-state index is 12.6. The molecular formula is C20H27N3O6. The van der Waals surface area contributed by atoms with Gasteiger partial charge in [-0.25, -0.2) is 4.79 Å². The molecule has 0 aromatic heterocycles. The number of benzene rings is 1. The van der Waals surface area contributed by atoms with Crippen molar-refractivity contribution in [3.8, 4) is 11.5 Å². The lowest BCUT2D eigenvalue weighted by molar-refractivity contribution is -0.128. The van der Waals surface area contributed by atoms with Gasteiger partial charge in [-0.15, -0.1) is 0 Å². The molecule has 1 aromatic rings. The highest BCUT2D eigenvalue weighted by molar-refractivity contribution is 6.04. The number of fused-ring (bicyclic) bond motifs is 1. The number of aliphatic hydroxyl groups excluding tert-OH is 1. The van der Waals surface area contributed by atoms with Crippen molar-refractivity contribution in [1.82, 2.24) is 15.5 Å². The molecule has 2 heterocycles. The first kappa shape index (κ1) is 20.9. The van der Waals surface area contributed by atoms with Crippen molar-refractivity contribution in [2.75, 3.05) is 13.4 Å². The fraction of sp³-hybridized carbons (Fsp3) is 0.550. The number of rotatable bonds is 9. The summed E-state index contributed by atoms with van der Waals surface area (Å²) < 4.78 is 10.6. The van der Waals surface area contributed by atoms with Crippen LogP contribution >= 0.6 is 0 Å². The van der Waals surface area contributed by atoms with Crippen LogP contribution in [0.15, 0.2) is 18.2 Å². The van der Waals surface area contributed by atoms with Crippen LogP contribution in [0.5, 0.6) is 11.5 Å². The standard InChI is InChI=1S/C20H27N3O6/c1-12(2)7-14(10-24)21-18(25)6-4-15-19(26)23(20(27)22-15)9-13-3-5-16-17(8-13)29-11-28-16/h3,5,8,12,14-15,24H,4,6-7,9-11H2,1-2H3,(H,21,25)(H,22,27)/t14-,15?/m0/s1. The summed E-state index contributed by atoms with van der Waals surface area (Å²) in [4.78, 5) is 38.1. The van der Waals surface area contributed by atoms with Crippen LogP contribution in [0.3, 0.4) is 0 Å². The highest BCUT2D eigenvalue weighted by atomic mass is 16.7. The Morgan fingerprint density at radius 1 is 1.31 bits per heavy atom. The number of carbonyl (C=O) groups is 3. The van der Waals surface area contributed by atoms with Crippen LogP contribution in [0, 0.1) is 5.92 Å². The molecule has 0 aliphatic carbocycles. The molecule has 0 bridgehead atoms. The van der Waals surface area contributed by atoms with Crippen molar-refractivity contribution < 1.29 is 29.0 Å². The Bertz CT molecular complexity index is 781. The van der Waals surface area contributed by atoms with E-state index in [1.165, 1.54) is 0 Å². The molecule has 1 aromatic carbocycles. The van der Waals surface area contributed by atoms with Crippen LogP contribution in [-0.2, 0) is 16.1 Å². The molecule has 3 N–H and O–H groups in total. The lowest BCUT2D eigenvalue weighted by atomic mass is 10.0. The summed E-state index contributed by atoms with van der Waals surface area (Å²) in [5, 5.41) is 14.8. The second kappa shape index (κ2) is 9.13.